The number of aryl methyl sites for hydroxylation is 1. The van der Waals surface area contributed by atoms with Gasteiger partial charge in [0.1, 0.15) is 5.92 Å². The normalized spacial score (nSPS) is 12.0. The van der Waals surface area contributed by atoms with Crippen LogP contribution in [0, 0.1) is 30.1 Å². The SMILES string of the molecule is Cc1ccc(N(C)C(=O)C(C#N)C(C)C)cc1. The molecule has 0 aliphatic rings. The zero-order valence-corrected chi connectivity index (χ0v) is 10.8. The third-order valence-corrected chi connectivity index (χ3v) is 2.82. The predicted molar refractivity (Wildman–Crippen MR) is 68.5 cm³/mol. The number of amides is 1. The minimum Gasteiger partial charge on any atom is -0.314 e. The first-order valence-corrected chi connectivity index (χ1v) is 5.71. The van der Waals surface area contributed by atoms with Crippen LogP contribution in [-0.4, -0.2) is 13.0 Å². The molecule has 17 heavy (non-hydrogen) atoms. The Labute approximate surface area is 103 Å². The quantitative estimate of drug-likeness (QED) is 0.801. The molecule has 0 saturated carbocycles. The molecule has 0 bridgehead atoms. The van der Waals surface area contributed by atoms with Crippen molar-refractivity contribution in [1.82, 2.24) is 0 Å². The van der Waals surface area contributed by atoms with Crippen molar-refractivity contribution in [2.45, 2.75) is 20.8 Å². The molecule has 0 aromatic heterocycles. The van der Waals surface area contributed by atoms with Crippen molar-refractivity contribution in [2.75, 3.05) is 11.9 Å². The molecule has 0 aliphatic heterocycles. The summed E-state index contributed by atoms with van der Waals surface area (Å²) in [5.41, 5.74) is 1.97. The molecule has 0 spiro atoms. The lowest BCUT2D eigenvalue weighted by atomic mass is 9.96. The van der Waals surface area contributed by atoms with Gasteiger partial charge >= 0.3 is 0 Å². The van der Waals surface area contributed by atoms with E-state index in [9.17, 15) is 4.79 Å². The Balaban J connectivity index is 2.90. The number of benzene rings is 1. The average molecular weight is 230 g/mol. The van der Waals surface area contributed by atoms with Gasteiger partial charge in [0, 0.05) is 12.7 Å². The summed E-state index contributed by atoms with van der Waals surface area (Å²) in [6.07, 6.45) is 0. The maximum absolute atomic E-state index is 12.1. The predicted octanol–water partition coefficient (Wildman–Crippen LogP) is 2.75. The van der Waals surface area contributed by atoms with Gasteiger partial charge in [-0.15, -0.1) is 0 Å². The smallest absolute Gasteiger partial charge is 0.244 e. The number of rotatable bonds is 3. The standard InChI is InChI=1S/C14H18N2O/c1-10(2)13(9-15)14(17)16(4)12-7-5-11(3)6-8-12/h5-8,10,13H,1-4H3. The van der Waals surface area contributed by atoms with Crippen LogP contribution in [0.4, 0.5) is 5.69 Å². The van der Waals surface area contributed by atoms with Crippen molar-refractivity contribution in [3.63, 3.8) is 0 Å². The van der Waals surface area contributed by atoms with Crippen molar-refractivity contribution in [1.29, 1.82) is 5.26 Å². The fraction of sp³-hybridized carbons (Fsp3) is 0.429. The molecule has 3 nitrogen and oxygen atoms in total. The highest BCUT2D eigenvalue weighted by Crippen LogP contribution is 2.19. The van der Waals surface area contributed by atoms with Crippen molar-refractivity contribution < 1.29 is 4.79 Å². The topological polar surface area (TPSA) is 44.1 Å². The van der Waals surface area contributed by atoms with E-state index in [0.29, 0.717) is 0 Å². The lowest BCUT2D eigenvalue weighted by Gasteiger charge is -2.22. The molecule has 0 saturated heterocycles. The first kappa shape index (κ1) is 13.2. The van der Waals surface area contributed by atoms with Crippen LogP contribution in [-0.2, 0) is 4.79 Å². The Morgan fingerprint density at radius 1 is 1.29 bits per heavy atom. The first-order valence-electron chi connectivity index (χ1n) is 5.71. The molecule has 0 heterocycles. The largest absolute Gasteiger partial charge is 0.314 e. The number of nitriles is 1. The lowest BCUT2D eigenvalue weighted by molar-refractivity contribution is -0.121. The van der Waals surface area contributed by atoms with Crippen LogP contribution in [0.25, 0.3) is 0 Å². The number of hydrogen-bond donors (Lipinski definition) is 0. The molecule has 0 aliphatic carbocycles. The molecule has 1 rings (SSSR count). The summed E-state index contributed by atoms with van der Waals surface area (Å²) in [5, 5.41) is 9.01. The fourth-order valence-corrected chi connectivity index (χ4v) is 1.59. The molecule has 1 aromatic rings. The van der Waals surface area contributed by atoms with E-state index in [-0.39, 0.29) is 11.8 Å². The van der Waals surface area contributed by atoms with Gasteiger partial charge in [-0.2, -0.15) is 5.26 Å². The molecule has 90 valence electrons. The van der Waals surface area contributed by atoms with Gasteiger partial charge in [-0.3, -0.25) is 4.79 Å². The van der Waals surface area contributed by atoms with Crippen molar-refractivity contribution in [2.24, 2.45) is 11.8 Å². The Morgan fingerprint density at radius 2 is 1.82 bits per heavy atom. The number of carbonyl (C=O) groups excluding carboxylic acids is 1. The van der Waals surface area contributed by atoms with E-state index in [1.807, 2.05) is 45.0 Å². The molecule has 0 N–H and O–H groups in total. The van der Waals surface area contributed by atoms with Gasteiger partial charge in [0.05, 0.1) is 6.07 Å². The van der Waals surface area contributed by atoms with Crippen molar-refractivity contribution in [3.05, 3.63) is 29.8 Å². The number of carbonyl (C=O) groups is 1. The van der Waals surface area contributed by atoms with E-state index in [1.54, 1.807) is 11.9 Å². The molecule has 3 heteroatoms. The van der Waals surface area contributed by atoms with Gasteiger partial charge in [-0.1, -0.05) is 31.5 Å². The number of anilines is 1. The van der Waals surface area contributed by atoms with E-state index >= 15 is 0 Å². The van der Waals surface area contributed by atoms with E-state index in [4.69, 9.17) is 5.26 Å². The lowest BCUT2D eigenvalue weighted by Crippen LogP contribution is -2.34. The van der Waals surface area contributed by atoms with Gasteiger partial charge in [0.25, 0.3) is 0 Å². The molecule has 1 unspecified atom stereocenters. The Morgan fingerprint density at radius 3 is 2.24 bits per heavy atom. The molecule has 1 amide bonds. The average Bonchev–Trinajstić information content (AvgIpc) is 2.29. The van der Waals surface area contributed by atoms with E-state index in [1.165, 1.54) is 0 Å². The van der Waals surface area contributed by atoms with Gasteiger partial charge in [-0.05, 0) is 25.0 Å². The monoisotopic (exact) mass is 230 g/mol. The minimum atomic E-state index is -0.582. The van der Waals surface area contributed by atoms with E-state index in [2.05, 4.69) is 6.07 Å². The second-order valence-electron chi connectivity index (χ2n) is 4.58. The Hall–Kier alpha value is -1.82. The summed E-state index contributed by atoms with van der Waals surface area (Å²) in [7, 11) is 1.71. The van der Waals surface area contributed by atoms with Gasteiger partial charge in [0.15, 0.2) is 0 Å². The fourth-order valence-electron chi connectivity index (χ4n) is 1.59. The zero-order chi connectivity index (χ0) is 13.0. The second kappa shape index (κ2) is 5.49. The van der Waals surface area contributed by atoms with Crippen LogP contribution in [0.5, 0.6) is 0 Å². The summed E-state index contributed by atoms with van der Waals surface area (Å²) in [4.78, 5) is 13.7. The van der Waals surface area contributed by atoms with Crippen LogP contribution < -0.4 is 4.90 Å². The highest BCUT2D eigenvalue weighted by Gasteiger charge is 2.25. The van der Waals surface area contributed by atoms with E-state index in [0.717, 1.165) is 11.3 Å². The van der Waals surface area contributed by atoms with Crippen LogP contribution >= 0.6 is 0 Å². The maximum atomic E-state index is 12.1. The van der Waals surface area contributed by atoms with Gasteiger partial charge < -0.3 is 4.90 Å². The minimum absolute atomic E-state index is 0.0281. The van der Waals surface area contributed by atoms with Crippen LogP contribution in [0.15, 0.2) is 24.3 Å². The highest BCUT2D eigenvalue weighted by molar-refractivity contribution is 5.96. The maximum Gasteiger partial charge on any atom is 0.244 e. The molecular formula is C14H18N2O. The molecule has 1 aromatic carbocycles. The third-order valence-electron chi connectivity index (χ3n) is 2.82. The highest BCUT2D eigenvalue weighted by atomic mass is 16.2. The van der Waals surface area contributed by atoms with Gasteiger partial charge in [0.2, 0.25) is 5.91 Å². The number of hydrogen-bond acceptors (Lipinski definition) is 2. The molecular weight excluding hydrogens is 212 g/mol. The number of nitrogens with zero attached hydrogens (tertiary/aromatic N) is 2. The summed E-state index contributed by atoms with van der Waals surface area (Å²) in [6, 6.07) is 9.76. The van der Waals surface area contributed by atoms with E-state index < -0.39 is 5.92 Å². The molecule has 1 atom stereocenters. The van der Waals surface area contributed by atoms with Gasteiger partial charge in [-0.25, -0.2) is 0 Å². The van der Waals surface area contributed by atoms with Crippen LogP contribution in [0.1, 0.15) is 19.4 Å². The van der Waals surface area contributed by atoms with Crippen molar-refractivity contribution >= 4 is 11.6 Å². The zero-order valence-electron chi connectivity index (χ0n) is 10.8. The third kappa shape index (κ3) is 3.07. The van der Waals surface area contributed by atoms with Crippen LogP contribution in [0.2, 0.25) is 0 Å². The summed E-state index contributed by atoms with van der Waals surface area (Å²) >= 11 is 0. The first-order chi connectivity index (χ1) is 7.97. The Kier molecular flexibility index (Phi) is 4.28. The van der Waals surface area contributed by atoms with Crippen molar-refractivity contribution in [3.8, 4) is 6.07 Å². The Bertz CT molecular complexity index is 429. The summed E-state index contributed by atoms with van der Waals surface area (Å²) in [5.74, 6) is -0.701. The summed E-state index contributed by atoms with van der Waals surface area (Å²) in [6.45, 7) is 5.77. The molecule has 0 radical (unpaired) electrons. The van der Waals surface area contributed by atoms with Crippen LogP contribution in [0.3, 0.4) is 0 Å². The second-order valence-corrected chi connectivity index (χ2v) is 4.58. The molecule has 0 fully saturated rings. The summed E-state index contributed by atoms with van der Waals surface area (Å²) < 4.78 is 0.